The molecular formula is C21H23N3O4. The van der Waals surface area contributed by atoms with Gasteiger partial charge in [0.1, 0.15) is 13.2 Å². The predicted octanol–water partition coefficient (Wildman–Crippen LogP) is 3.00. The first-order chi connectivity index (χ1) is 13.5. The van der Waals surface area contributed by atoms with E-state index in [0.717, 1.165) is 11.3 Å². The lowest BCUT2D eigenvalue weighted by atomic mass is 10.1. The van der Waals surface area contributed by atoms with Gasteiger partial charge in [0.15, 0.2) is 11.5 Å². The summed E-state index contributed by atoms with van der Waals surface area (Å²) in [5, 5.41) is 5.67. The van der Waals surface area contributed by atoms with Crippen molar-refractivity contribution in [2.45, 2.75) is 26.3 Å². The fourth-order valence-corrected chi connectivity index (χ4v) is 3.42. The molecule has 4 rings (SSSR count). The smallest absolute Gasteiger partial charge is 0.319 e. The summed E-state index contributed by atoms with van der Waals surface area (Å²) >= 11 is 0. The summed E-state index contributed by atoms with van der Waals surface area (Å²) in [4.78, 5) is 26.5. The lowest BCUT2D eigenvalue weighted by molar-refractivity contribution is -0.117. The van der Waals surface area contributed by atoms with Crippen LogP contribution < -0.4 is 25.0 Å². The minimum Gasteiger partial charge on any atom is -0.486 e. The first-order valence-electron chi connectivity index (χ1n) is 9.34. The lowest BCUT2D eigenvalue weighted by Crippen LogP contribution is -2.39. The van der Waals surface area contributed by atoms with Crippen LogP contribution in [0.25, 0.3) is 0 Å². The van der Waals surface area contributed by atoms with Crippen LogP contribution in [0.5, 0.6) is 11.5 Å². The number of urea groups is 1. The molecular weight excluding hydrogens is 358 g/mol. The Bertz CT molecular complexity index is 928. The second kappa shape index (κ2) is 7.42. The Labute approximate surface area is 163 Å². The molecule has 7 nitrogen and oxygen atoms in total. The van der Waals surface area contributed by atoms with Gasteiger partial charge in [-0.2, -0.15) is 0 Å². The zero-order valence-corrected chi connectivity index (χ0v) is 16.0. The van der Waals surface area contributed by atoms with Gasteiger partial charge in [0.25, 0.3) is 0 Å². The van der Waals surface area contributed by atoms with Crippen molar-refractivity contribution in [2.24, 2.45) is 0 Å². The molecule has 146 valence electrons. The standard InChI is InChI=1S/C21H23N3O4/c1-13-3-5-17(9-14(13)2)24-12-16(11-20(24)25)23-21(26)22-15-4-6-18-19(10-15)28-8-7-27-18/h3-6,9-10,16H,7-8,11-12H2,1-2H3,(H2,22,23,26)/t16-/m0/s1. The Kier molecular flexibility index (Phi) is 4.81. The number of hydrogen-bond donors (Lipinski definition) is 2. The van der Waals surface area contributed by atoms with Crippen LogP contribution in [0, 0.1) is 13.8 Å². The quantitative estimate of drug-likeness (QED) is 0.857. The van der Waals surface area contributed by atoms with Crippen LogP contribution in [0.3, 0.4) is 0 Å². The van der Waals surface area contributed by atoms with Crippen LogP contribution in [0.4, 0.5) is 16.2 Å². The van der Waals surface area contributed by atoms with Crippen molar-refractivity contribution in [3.05, 3.63) is 47.5 Å². The summed E-state index contributed by atoms with van der Waals surface area (Å²) < 4.78 is 11.0. The monoisotopic (exact) mass is 381 g/mol. The first-order valence-corrected chi connectivity index (χ1v) is 9.34. The largest absolute Gasteiger partial charge is 0.486 e. The normalized spacial score (nSPS) is 18.1. The number of hydrogen-bond acceptors (Lipinski definition) is 4. The number of anilines is 2. The zero-order valence-electron chi connectivity index (χ0n) is 16.0. The number of nitrogens with one attached hydrogen (secondary N) is 2. The second-order valence-electron chi connectivity index (χ2n) is 7.13. The summed E-state index contributed by atoms with van der Waals surface area (Å²) in [5.41, 5.74) is 3.80. The van der Waals surface area contributed by atoms with Crippen LogP contribution in [0.1, 0.15) is 17.5 Å². The number of fused-ring (bicyclic) bond motifs is 1. The average molecular weight is 381 g/mol. The number of amides is 3. The topological polar surface area (TPSA) is 79.9 Å². The highest BCUT2D eigenvalue weighted by Crippen LogP contribution is 2.32. The summed E-state index contributed by atoms with van der Waals surface area (Å²) in [7, 11) is 0. The fourth-order valence-electron chi connectivity index (χ4n) is 3.42. The maximum absolute atomic E-state index is 12.4. The van der Waals surface area contributed by atoms with Crippen molar-refractivity contribution < 1.29 is 19.1 Å². The first kappa shape index (κ1) is 18.2. The molecule has 0 unspecified atom stereocenters. The van der Waals surface area contributed by atoms with E-state index in [9.17, 15) is 9.59 Å². The Morgan fingerprint density at radius 2 is 1.82 bits per heavy atom. The van der Waals surface area contributed by atoms with E-state index in [0.29, 0.717) is 36.9 Å². The molecule has 0 aromatic heterocycles. The summed E-state index contributed by atoms with van der Waals surface area (Å²) in [6.45, 7) is 5.53. The van der Waals surface area contributed by atoms with Gasteiger partial charge in [-0.25, -0.2) is 4.79 Å². The number of aryl methyl sites for hydroxylation is 2. The highest BCUT2D eigenvalue weighted by molar-refractivity contribution is 5.97. The van der Waals surface area contributed by atoms with Gasteiger partial charge in [-0.15, -0.1) is 0 Å². The molecule has 0 aliphatic carbocycles. The Balaban J connectivity index is 1.37. The molecule has 0 bridgehead atoms. The molecule has 2 aromatic carbocycles. The van der Waals surface area contributed by atoms with E-state index in [2.05, 4.69) is 10.6 Å². The van der Waals surface area contributed by atoms with Crippen molar-refractivity contribution in [1.82, 2.24) is 5.32 Å². The summed E-state index contributed by atoms with van der Waals surface area (Å²) in [6, 6.07) is 10.6. The molecule has 2 aromatic rings. The number of nitrogens with zero attached hydrogens (tertiary/aromatic N) is 1. The molecule has 2 N–H and O–H groups in total. The molecule has 0 radical (unpaired) electrons. The predicted molar refractivity (Wildman–Crippen MR) is 106 cm³/mol. The van der Waals surface area contributed by atoms with Crippen LogP contribution in [-0.4, -0.2) is 37.7 Å². The molecule has 3 amide bonds. The van der Waals surface area contributed by atoms with Gasteiger partial charge in [0.05, 0.1) is 6.04 Å². The van der Waals surface area contributed by atoms with E-state index in [-0.39, 0.29) is 24.4 Å². The number of benzene rings is 2. The van der Waals surface area contributed by atoms with Crippen LogP contribution in [0.15, 0.2) is 36.4 Å². The average Bonchev–Trinajstić information content (AvgIpc) is 3.03. The molecule has 28 heavy (non-hydrogen) atoms. The Morgan fingerprint density at radius 3 is 2.61 bits per heavy atom. The minimum absolute atomic E-state index is 0.00730. The molecule has 2 aliphatic rings. The van der Waals surface area contributed by atoms with Gasteiger partial charge < -0.3 is 25.0 Å². The van der Waals surface area contributed by atoms with Crippen molar-refractivity contribution >= 4 is 23.3 Å². The third kappa shape index (κ3) is 3.74. The second-order valence-corrected chi connectivity index (χ2v) is 7.13. The van der Waals surface area contributed by atoms with Crippen molar-refractivity contribution in [3.63, 3.8) is 0 Å². The third-order valence-electron chi connectivity index (χ3n) is 5.06. The van der Waals surface area contributed by atoms with E-state index in [4.69, 9.17) is 9.47 Å². The molecule has 1 atom stereocenters. The Hall–Kier alpha value is -3.22. The van der Waals surface area contributed by atoms with Gasteiger partial charge in [-0.05, 0) is 49.2 Å². The molecule has 1 saturated heterocycles. The highest BCUT2D eigenvalue weighted by atomic mass is 16.6. The van der Waals surface area contributed by atoms with E-state index < -0.39 is 0 Å². The third-order valence-corrected chi connectivity index (χ3v) is 5.06. The molecule has 2 aliphatic heterocycles. The number of carbonyl (C=O) groups excluding carboxylic acids is 2. The number of rotatable bonds is 3. The van der Waals surface area contributed by atoms with Gasteiger partial charge in [-0.3, -0.25) is 4.79 Å². The molecule has 7 heteroatoms. The van der Waals surface area contributed by atoms with Crippen molar-refractivity contribution in [2.75, 3.05) is 30.0 Å². The van der Waals surface area contributed by atoms with Crippen LogP contribution in [0.2, 0.25) is 0 Å². The van der Waals surface area contributed by atoms with Gasteiger partial charge >= 0.3 is 6.03 Å². The van der Waals surface area contributed by atoms with Crippen LogP contribution >= 0.6 is 0 Å². The lowest BCUT2D eigenvalue weighted by Gasteiger charge is -2.20. The van der Waals surface area contributed by atoms with Gasteiger partial charge in [0.2, 0.25) is 5.91 Å². The van der Waals surface area contributed by atoms with Crippen molar-refractivity contribution in [1.29, 1.82) is 0 Å². The molecule has 0 saturated carbocycles. The highest BCUT2D eigenvalue weighted by Gasteiger charge is 2.31. The number of ether oxygens (including phenoxy) is 2. The van der Waals surface area contributed by atoms with E-state index in [1.54, 1.807) is 23.1 Å². The molecule has 1 fully saturated rings. The SMILES string of the molecule is Cc1ccc(N2C[C@@H](NC(=O)Nc3ccc4c(c3)OCCO4)CC2=O)cc1C. The molecule has 2 heterocycles. The Morgan fingerprint density at radius 1 is 1.04 bits per heavy atom. The minimum atomic E-state index is -0.351. The van der Waals surface area contributed by atoms with Crippen LogP contribution in [-0.2, 0) is 4.79 Å². The summed E-state index contributed by atoms with van der Waals surface area (Å²) in [6.07, 6.45) is 0.279. The zero-order chi connectivity index (χ0) is 19.7. The van der Waals surface area contributed by atoms with E-state index in [1.165, 1.54) is 5.56 Å². The van der Waals surface area contributed by atoms with E-state index in [1.807, 2.05) is 32.0 Å². The van der Waals surface area contributed by atoms with Gasteiger partial charge in [0, 0.05) is 30.4 Å². The van der Waals surface area contributed by atoms with Crippen molar-refractivity contribution in [3.8, 4) is 11.5 Å². The van der Waals surface area contributed by atoms with Gasteiger partial charge in [-0.1, -0.05) is 6.07 Å². The molecule has 0 spiro atoms. The fraction of sp³-hybridized carbons (Fsp3) is 0.333. The summed E-state index contributed by atoms with van der Waals surface area (Å²) in [5.74, 6) is 1.29. The van der Waals surface area contributed by atoms with E-state index >= 15 is 0 Å². The number of carbonyl (C=O) groups is 2. The maximum Gasteiger partial charge on any atom is 0.319 e. The maximum atomic E-state index is 12.4.